The third kappa shape index (κ3) is 4.48. The summed E-state index contributed by atoms with van der Waals surface area (Å²) in [5.41, 5.74) is 3.15. The van der Waals surface area contributed by atoms with Crippen molar-refractivity contribution >= 4 is 34.4 Å². The fraction of sp³-hybridized carbons (Fsp3) is 0.250. The van der Waals surface area contributed by atoms with Gasteiger partial charge in [-0.3, -0.25) is 4.79 Å². The molecular weight excluding hydrogens is 360 g/mol. The van der Waals surface area contributed by atoms with Gasteiger partial charge in [0.25, 0.3) is 0 Å². The van der Waals surface area contributed by atoms with Crippen molar-refractivity contribution in [2.75, 3.05) is 19.0 Å². The van der Waals surface area contributed by atoms with E-state index in [0.29, 0.717) is 24.4 Å². The molecule has 2 aromatic carbocycles. The van der Waals surface area contributed by atoms with Gasteiger partial charge in [0, 0.05) is 19.3 Å². The second-order valence-electron chi connectivity index (χ2n) is 5.97. The Morgan fingerprint density at radius 3 is 2.74 bits per heavy atom. The van der Waals surface area contributed by atoms with Crippen molar-refractivity contribution in [3.05, 3.63) is 54.1 Å². The Kier molecular flexibility index (Phi) is 6.12. The van der Waals surface area contributed by atoms with Crippen molar-refractivity contribution in [3.8, 4) is 6.07 Å². The van der Waals surface area contributed by atoms with E-state index in [1.807, 2.05) is 31.2 Å². The topological polar surface area (TPSA) is 79.9 Å². The number of benzene rings is 2. The Morgan fingerprint density at radius 1 is 1.30 bits per heavy atom. The van der Waals surface area contributed by atoms with E-state index in [1.54, 1.807) is 31.4 Å². The average molecular weight is 380 g/mol. The lowest BCUT2D eigenvalue weighted by molar-refractivity contribution is -0.115. The highest BCUT2D eigenvalue weighted by molar-refractivity contribution is 8.00. The van der Waals surface area contributed by atoms with Crippen LogP contribution in [0.2, 0.25) is 0 Å². The fourth-order valence-corrected chi connectivity index (χ4v) is 3.58. The summed E-state index contributed by atoms with van der Waals surface area (Å²) in [4.78, 5) is 17.2. The maximum atomic E-state index is 12.6. The number of thioether (sulfide) groups is 1. The number of hydrogen-bond donors (Lipinski definition) is 1. The zero-order chi connectivity index (χ0) is 19.2. The summed E-state index contributed by atoms with van der Waals surface area (Å²) in [7, 11) is 1.67. The number of hydrogen-bond acceptors (Lipinski definition) is 5. The van der Waals surface area contributed by atoms with Crippen LogP contribution in [-0.4, -0.2) is 34.4 Å². The van der Waals surface area contributed by atoms with Crippen molar-refractivity contribution in [2.24, 2.45) is 0 Å². The highest BCUT2D eigenvalue weighted by Crippen LogP contribution is 2.28. The van der Waals surface area contributed by atoms with Crippen LogP contribution in [0.25, 0.3) is 11.0 Å². The molecule has 1 aromatic heterocycles. The minimum Gasteiger partial charge on any atom is -0.383 e. The minimum absolute atomic E-state index is 0.116. The van der Waals surface area contributed by atoms with Crippen LogP contribution in [-0.2, 0) is 16.1 Å². The van der Waals surface area contributed by atoms with E-state index in [0.717, 1.165) is 16.2 Å². The number of amides is 1. The number of aromatic nitrogens is 2. The second-order valence-corrected chi connectivity index (χ2v) is 7.27. The average Bonchev–Trinajstić information content (AvgIpc) is 3.03. The molecule has 0 aliphatic heterocycles. The summed E-state index contributed by atoms with van der Waals surface area (Å²) in [6.07, 6.45) is 0. The van der Waals surface area contributed by atoms with E-state index in [4.69, 9.17) is 10.00 Å². The Balaban J connectivity index is 1.75. The van der Waals surface area contributed by atoms with E-state index < -0.39 is 0 Å². The molecule has 0 saturated heterocycles. The number of carbonyl (C=O) groups is 1. The number of ether oxygens (including phenoxy) is 1. The van der Waals surface area contributed by atoms with Crippen LogP contribution in [0.3, 0.4) is 0 Å². The maximum Gasteiger partial charge on any atom is 0.237 e. The molecule has 1 N–H and O–H groups in total. The van der Waals surface area contributed by atoms with E-state index in [1.165, 1.54) is 11.8 Å². The van der Waals surface area contributed by atoms with Crippen LogP contribution in [0.1, 0.15) is 12.5 Å². The number of nitrogens with zero attached hydrogens (tertiary/aromatic N) is 3. The summed E-state index contributed by atoms with van der Waals surface area (Å²) in [6.45, 7) is 3.09. The van der Waals surface area contributed by atoms with Gasteiger partial charge < -0.3 is 14.6 Å². The van der Waals surface area contributed by atoms with Crippen LogP contribution in [0, 0.1) is 11.3 Å². The summed E-state index contributed by atoms with van der Waals surface area (Å²) >= 11 is 1.41. The summed E-state index contributed by atoms with van der Waals surface area (Å²) in [5.74, 6) is -0.116. The Bertz CT molecular complexity index is 976. The summed E-state index contributed by atoms with van der Waals surface area (Å²) in [5, 5.41) is 12.2. The number of anilines is 1. The van der Waals surface area contributed by atoms with E-state index in [9.17, 15) is 4.79 Å². The van der Waals surface area contributed by atoms with Crippen LogP contribution < -0.4 is 5.32 Å². The molecule has 0 fully saturated rings. The SMILES string of the molecule is COCCn1c(S[C@@H](C)C(=O)Nc2ccc(C#N)cc2)nc2ccccc21. The highest BCUT2D eigenvalue weighted by atomic mass is 32.2. The predicted molar refractivity (Wildman–Crippen MR) is 107 cm³/mol. The summed E-state index contributed by atoms with van der Waals surface area (Å²) < 4.78 is 7.29. The molecule has 1 atom stereocenters. The monoisotopic (exact) mass is 380 g/mol. The van der Waals surface area contributed by atoms with Gasteiger partial charge >= 0.3 is 0 Å². The third-order valence-electron chi connectivity index (χ3n) is 4.07. The van der Waals surface area contributed by atoms with Crippen molar-refractivity contribution in [1.29, 1.82) is 5.26 Å². The molecule has 0 radical (unpaired) electrons. The normalized spacial score (nSPS) is 11.9. The molecule has 0 aliphatic carbocycles. The van der Waals surface area contributed by atoms with Gasteiger partial charge in [0.2, 0.25) is 5.91 Å². The van der Waals surface area contributed by atoms with Crippen LogP contribution in [0.15, 0.2) is 53.7 Å². The Morgan fingerprint density at radius 2 is 2.04 bits per heavy atom. The van der Waals surface area contributed by atoms with Gasteiger partial charge in [0.05, 0.1) is 34.5 Å². The lowest BCUT2D eigenvalue weighted by Crippen LogP contribution is -2.23. The number of rotatable bonds is 7. The molecule has 1 heterocycles. The van der Waals surface area contributed by atoms with Gasteiger partial charge in [-0.15, -0.1) is 0 Å². The van der Waals surface area contributed by atoms with Crippen molar-refractivity contribution in [1.82, 2.24) is 9.55 Å². The van der Waals surface area contributed by atoms with Gasteiger partial charge in [-0.1, -0.05) is 23.9 Å². The molecule has 3 aromatic rings. The van der Waals surface area contributed by atoms with Crippen LogP contribution >= 0.6 is 11.8 Å². The zero-order valence-corrected chi connectivity index (χ0v) is 16.0. The molecule has 6 nitrogen and oxygen atoms in total. The molecule has 0 saturated carbocycles. The van der Waals surface area contributed by atoms with E-state index in [-0.39, 0.29) is 11.2 Å². The van der Waals surface area contributed by atoms with Crippen molar-refractivity contribution < 1.29 is 9.53 Å². The van der Waals surface area contributed by atoms with Crippen LogP contribution in [0.4, 0.5) is 5.69 Å². The van der Waals surface area contributed by atoms with E-state index >= 15 is 0 Å². The van der Waals surface area contributed by atoms with Crippen LogP contribution in [0.5, 0.6) is 0 Å². The smallest absolute Gasteiger partial charge is 0.237 e. The Labute approximate surface area is 162 Å². The van der Waals surface area contributed by atoms with Gasteiger partial charge in [-0.25, -0.2) is 4.98 Å². The third-order valence-corrected chi connectivity index (χ3v) is 5.16. The molecule has 0 spiro atoms. The fourth-order valence-electron chi connectivity index (χ4n) is 2.63. The highest BCUT2D eigenvalue weighted by Gasteiger charge is 2.19. The van der Waals surface area contributed by atoms with Gasteiger partial charge in [-0.05, 0) is 43.3 Å². The molecule has 0 unspecified atom stereocenters. The number of carbonyl (C=O) groups excluding carboxylic acids is 1. The lowest BCUT2D eigenvalue weighted by Gasteiger charge is -2.13. The lowest BCUT2D eigenvalue weighted by atomic mass is 10.2. The number of nitriles is 1. The van der Waals surface area contributed by atoms with E-state index in [2.05, 4.69) is 20.9 Å². The minimum atomic E-state index is -0.334. The number of para-hydroxylation sites is 2. The summed E-state index contributed by atoms with van der Waals surface area (Å²) in [6, 6.07) is 16.8. The molecule has 0 bridgehead atoms. The first kappa shape index (κ1) is 19.0. The number of fused-ring (bicyclic) bond motifs is 1. The zero-order valence-electron chi connectivity index (χ0n) is 15.2. The quantitative estimate of drug-likeness (QED) is 0.633. The standard InChI is InChI=1S/C20H20N4O2S/c1-14(19(25)22-16-9-7-15(13-21)8-10-16)27-20-23-17-5-3-4-6-18(17)24(20)11-12-26-2/h3-10,14H,11-12H2,1-2H3,(H,22,25)/t14-/m0/s1. The first-order chi connectivity index (χ1) is 13.1. The predicted octanol–water partition coefficient (Wildman–Crippen LogP) is 3.67. The van der Waals surface area contributed by atoms with Gasteiger partial charge in [-0.2, -0.15) is 5.26 Å². The van der Waals surface area contributed by atoms with Gasteiger partial charge in [0.15, 0.2) is 5.16 Å². The van der Waals surface area contributed by atoms with Crippen molar-refractivity contribution in [2.45, 2.75) is 23.9 Å². The molecular formula is C20H20N4O2S. The Hall–Kier alpha value is -2.82. The van der Waals surface area contributed by atoms with Crippen molar-refractivity contribution in [3.63, 3.8) is 0 Å². The van der Waals surface area contributed by atoms with Gasteiger partial charge in [0.1, 0.15) is 0 Å². The largest absolute Gasteiger partial charge is 0.383 e. The molecule has 3 rings (SSSR count). The first-order valence-corrected chi connectivity index (χ1v) is 9.42. The molecule has 138 valence electrons. The first-order valence-electron chi connectivity index (χ1n) is 8.54. The molecule has 0 aliphatic rings. The number of imidazole rings is 1. The number of nitrogens with one attached hydrogen (secondary N) is 1. The molecule has 7 heteroatoms. The maximum absolute atomic E-state index is 12.6. The number of methoxy groups -OCH3 is 1. The molecule has 1 amide bonds. The molecule has 27 heavy (non-hydrogen) atoms. The second kappa shape index (κ2) is 8.71.